The first-order valence-electron chi connectivity index (χ1n) is 6.86. The van der Waals surface area contributed by atoms with Crippen molar-refractivity contribution in [3.8, 4) is 0 Å². The van der Waals surface area contributed by atoms with Gasteiger partial charge in [0.25, 0.3) is 5.91 Å². The lowest BCUT2D eigenvalue weighted by Gasteiger charge is -2.35. The van der Waals surface area contributed by atoms with Crippen LogP contribution in [-0.2, 0) is 11.2 Å². The molecule has 1 aliphatic heterocycles. The van der Waals surface area contributed by atoms with Gasteiger partial charge in [-0.25, -0.2) is 0 Å². The lowest BCUT2D eigenvalue weighted by atomic mass is 10.1. The van der Waals surface area contributed by atoms with Crippen molar-refractivity contribution in [3.05, 3.63) is 40.9 Å². The number of morpholine rings is 1. The van der Waals surface area contributed by atoms with E-state index in [1.165, 1.54) is 11.3 Å². The second-order valence-corrected chi connectivity index (χ2v) is 5.71. The first kappa shape index (κ1) is 14.1. The first-order chi connectivity index (χ1) is 10.3. The predicted molar refractivity (Wildman–Crippen MR) is 78.1 cm³/mol. The maximum Gasteiger partial charge on any atom is 0.265 e. The lowest BCUT2D eigenvalue weighted by Crippen LogP contribution is -2.48. The minimum atomic E-state index is 0.0462. The fourth-order valence-electron chi connectivity index (χ4n) is 2.40. The van der Waals surface area contributed by atoms with Crippen LogP contribution in [0.15, 0.2) is 30.3 Å². The molecule has 2 aromatic heterocycles. The molecule has 0 unspecified atom stereocenters. The van der Waals surface area contributed by atoms with E-state index in [4.69, 9.17) is 4.74 Å². The molecule has 21 heavy (non-hydrogen) atoms. The van der Waals surface area contributed by atoms with Crippen molar-refractivity contribution in [3.63, 3.8) is 0 Å². The Bertz CT molecular complexity index is 576. The lowest BCUT2D eigenvalue weighted by molar-refractivity contribution is -0.00388. The van der Waals surface area contributed by atoms with Gasteiger partial charge in [-0.2, -0.15) is 0 Å². The summed E-state index contributed by atoms with van der Waals surface area (Å²) in [5, 5.41) is 0. The van der Waals surface area contributed by atoms with Gasteiger partial charge in [0.15, 0.2) is 0 Å². The van der Waals surface area contributed by atoms with Crippen molar-refractivity contribution < 1.29 is 9.53 Å². The molecule has 1 amide bonds. The summed E-state index contributed by atoms with van der Waals surface area (Å²) in [6.45, 7) is 1.79. The molecule has 0 aromatic carbocycles. The summed E-state index contributed by atoms with van der Waals surface area (Å²) in [7, 11) is 0. The molecule has 2 aromatic rings. The third-order valence-electron chi connectivity index (χ3n) is 3.48. The summed E-state index contributed by atoms with van der Waals surface area (Å²) in [6.07, 6.45) is 8.35. The number of ether oxygens (including phenoxy) is 1. The van der Waals surface area contributed by atoms with Crippen molar-refractivity contribution in [2.75, 3.05) is 19.8 Å². The highest BCUT2D eigenvalue weighted by atomic mass is 32.1. The van der Waals surface area contributed by atoms with Gasteiger partial charge in [-0.1, -0.05) is 0 Å². The van der Waals surface area contributed by atoms with E-state index in [1.807, 2.05) is 4.90 Å². The second-order valence-electron chi connectivity index (χ2n) is 4.83. The maximum absolute atomic E-state index is 12.5. The SMILES string of the molecule is O=C(c1cncs1)N1CCOC[C@H]1CCc1cnccn1. The van der Waals surface area contributed by atoms with Gasteiger partial charge in [-0.3, -0.25) is 19.7 Å². The molecule has 0 N–H and O–H groups in total. The van der Waals surface area contributed by atoms with E-state index in [1.54, 1.807) is 30.3 Å². The van der Waals surface area contributed by atoms with Gasteiger partial charge < -0.3 is 9.64 Å². The number of thiazole rings is 1. The highest BCUT2D eigenvalue weighted by Crippen LogP contribution is 2.18. The van der Waals surface area contributed by atoms with E-state index in [-0.39, 0.29) is 11.9 Å². The molecule has 7 heteroatoms. The summed E-state index contributed by atoms with van der Waals surface area (Å²) in [5.74, 6) is 0.0462. The van der Waals surface area contributed by atoms with Gasteiger partial charge in [0.05, 0.1) is 36.7 Å². The van der Waals surface area contributed by atoms with Gasteiger partial charge in [0, 0.05) is 25.1 Å². The molecule has 1 fully saturated rings. The van der Waals surface area contributed by atoms with Crippen LogP contribution < -0.4 is 0 Å². The largest absolute Gasteiger partial charge is 0.377 e. The molecule has 1 atom stereocenters. The fraction of sp³-hybridized carbons (Fsp3) is 0.429. The first-order valence-corrected chi connectivity index (χ1v) is 7.74. The Morgan fingerprint density at radius 3 is 3.10 bits per heavy atom. The maximum atomic E-state index is 12.5. The smallest absolute Gasteiger partial charge is 0.265 e. The number of aryl methyl sites for hydroxylation is 1. The van der Waals surface area contributed by atoms with Crippen LogP contribution in [0.1, 0.15) is 21.8 Å². The number of carbonyl (C=O) groups excluding carboxylic acids is 1. The Balaban J connectivity index is 1.65. The van der Waals surface area contributed by atoms with E-state index in [0.29, 0.717) is 24.6 Å². The van der Waals surface area contributed by atoms with Gasteiger partial charge >= 0.3 is 0 Å². The highest BCUT2D eigenvalue weighted by molar-refractivity contribution is 7.11. The van der Waals surface area contributed by atoms with E-state index in [0.717, 1.165) is 18.5 Å². The molecule has 0 aliphatic carbocycles. The molecular formula is C14H16N4O2S. The summed E-state index contributed by atoms with van der Waals surface area (Å²) >= 11 is 1.38. The molecule has 1 saturated heterocycles. The normalized spacial score (nSPS) is 18.7. The molecule has 6 nitrogen and oxygen atoms in total. The van der Waals surface area contributed by atoms with Crippen LogP contribution in [0.2, 0.25) is 0 Å². The van der Waals surface area contributed by atoms with Crippen LogP contribution in [0.5, 0.6) is 0 Å². The molecule has 0 spiro atoms. The van der Waals surface area contributed by atoms with Crippen molar-refractivity contribution in [1.82, 2.24) is 19.9 Å². The zero-order chi connectivity index (χ0) is 14.5. The Kier molecular flexibility index (Phi) is 4.52. The molecule has 3 rings (SSSR count). The minimum Gasteiger partial charge on any atom is -0.377 e. The van der Waals surface area contributed by atoms with E-state index < -0.39 is 0 Å². The molecule has 3 heterocycles. The third-order valence-corrected chi connectivity index (χ3v) is 4.24. The van der Waals surface area contributed by atoms with Gasteiger partial charge in [0.1, 0.15) is 4.88 Å². The Hall–Kier alpha value is -1.86. The molecule has 0 radical (unpaired) electrons. The number of hydrogen-bond donors (Lipinski definition) is 0. The van der Waals surface area contributed by atoms with Crippen molar-refractivity contribution in [2.45, 2.75) is 18.9 Å². The quantitative estimate of drug-likeness (QED) is 0.854. The topological polar surface area (TPSA) is 68.2 Å². The van der Waals surface area contributed by atoms with Crippen LogP contribution in [-0.4, -0.2) is 51.6 Å². The van der Waals surface area contributed by atoms with E-state index in [2.05, 4.69) is 15.0 Å². The van der Waals surface area contributed by atoms with Crippen molar-refractivity contribution in [2.24, 2.45) is 0 Å². The van der Waals surface area contributed by atoms with Crippen molar-refractivity contribution in [1.29, 1.82) is 0 Å². The Labute approximate surface area is 126 Å². The zero-order valence-electron chi connectivity index (χ0n) is 11.5. The average Bonchev–Trinajstić information content (AvgIpc) is 3.08. The van der Waals surface area contributed by atoms with Gasteiger partial charge in [-0.15, -0.1) is 11.3 Å². The van der Waals surface area contributed by atoms with Gasteiger partial charge in [-0.05, 0) is 12.8 Å². The van der Waals surface area contributed by atoms with Crippen LogP contribution in [0.3, 0.4) is 0 Å². The summed E-state index contributed by atoms with van der Waals surface area (Å²) < 4.78 is 5.53. The number of rotatable bonds is 4. The number of amides is 1. The van der Waals surface area contributed by atoms with E-state index in [9.17, 15) is 4.79 Å². The van der Waals surface area contributed by atoms with Crippen LogP contribution in [0.4, 0.5) is 0 Å². The van der Waals surface area contributed by atoms with Crippen LogP contribution >= 0.6 is 11.3 Å². The number of carbonyl (C=O) groups is 1. The summed E-state index contributed by atoms with van der Waals surface area (Å²) in [6, 6.07) is 0.0790. The molecule has 110 valence electrons. The number of aromatic nitrogens is 3. The molecule has 1 aliphatic rings. The van der Waals surface area contributed by atoms with Crippen LogP contribution in [0.25, 0.3) is 0 Å². The third kappa shape index (κ3) is 3.43. The number of nitrogens with zero attached hydrogens (tertiary/aromatic N) is 4. The fourth-order valence-corrected chi connectivity index (χ4v) is 2.97. The molecule has 0 bridgehead atoms. The zero-order valence-corrected chi connectivity index (χ0v) is 12.3. The Morgan fingerprint density at radius 1 is 1.38 bits per heavy atom. The number of hydrogen-bond acceptors (Lipinski definition) is 6. The van der Waals surface area contributed by atoms with Crippen LogP contribution in [0, 0.1) is 0 Å². The van der Waals surface area contributed by atoms with E-state index >= 15 is 0 Å². The summed E-state index contributed by atoms with van der Waals surface area (Å²) in [4.78, 5) is 27.4. The molecular weight excluding hydrogens is 288 g/mol. The average molecular weight is 304 g/mol. The Morgan fingerprint density at radius 2 is 2.33 bits per heavy atom. The monoisotopic (exact) mass is 304 g/mol. The standard InChI is InChI=1S/C14H16N4O2S/c19-14(13-8-16-10-21-13)18-5-6-20-9-12(18)2-1-11-7-15-3-4-17-11/h3-4,7-8,10,12H,1-2,5-6,9H2/t12-/m1/s1. The second kappa shape index (κ2) is 6.73. The predicted octanol–water partition coefficient (Wildman–Crippen LogP) is 1.41. The highest BCUT2D eigenvalue weighted by Gasteiger charge is 2.28. The van der Waals surface area contributed by atoms with Crippen molar-refractivity contribution >= 4 is 17.2 Å². The summed E-state index contributed by atoms with van der Waals surface area (Å²) in [5.41, 5.74) is 2.62. The minimum absolute atomic E-state index is 0.0462. The van der Waals surface area contributed by atoms with Gasteiger partial charge in [0.2, 0.25) is 0 Å². The molecule has 0 saturated carbocycles.